The average molecular weight is 148 g/mol. The molecule has 2 heteroatoms. The van der Waals surface area contributed by atoms with E-state index in [0.29, 0.717) is 5.92 Å². The largest absolute Gasteiger partial charge is 0.312 e. The van der Waals surface area contributed by atoms with E-state index < -0.39 is 0 Å². The molecule has 11 heavy (non-hydrogen) atoms. The van der Waals surface area contributed by atoms with Crippen molar-refractivity contribution in [2.24, 2.45) is 0 Å². The molecule has 1 aromatic heterocycles. The topological polar surface area (TPSA) is 24.9 Å². The van der Waals surface area contributed by atoms with E-state index in [1.54, 1.807) is 0 Å². The molecule has 1 unspecified atom stereocenters. The van der Waals surface area contributed by atoms with Gasteiger partial charge in [0.2, 0.25) is 0 Å². The fourth-order valence-electron chi connectivity index (χ4n) is 1.57. The second-order valence-corrected chi connectivity index (χ2v) is 3.11. The monoisotopic (exact) mass is 148 g/mol. The van der Waals surface area contributed by atoms with E-state index in [2.05, 4.69) is 23.3 Å². The lowest BCUT2D eigenvalue weighted by Gasteiger charge is -2.22. The van der Waals surface area contributed by atoms with E-state index in [1.165, 1.54) is 11.1 Å². The van der Waals surface area contributed by atoms with Gasteiger partial charge in [0, 0.05) is 25.5 Å². The predicted octanol–water partition coefficient (Wildman–Crippen LogP) is 1.29. The fraction of sp³-hybridized carbons (Fsp3) is 0.444. The number of hydrogen-bond acceptors (Lipinski definition) is 2. The van der Waals surface area contributed by atoms with Crippen molar-refractivity contribution in [1.82, 2.24) is 10.3 Å². The van der Waals surface area contributed by atoms with Gasteiger partial charge in [0.1, 0.15) is 0 Å². The Morgan fingerprint density at radius 2 is 2.55 bits per heavy atom. The van der Waals surface area contributed by atoms with Crippen LogP contribution in [0.5, 0.6) is 0 Å². The van der Waals surface area contributed by atoms with Crippen LogP contribution in [0.25, 0.3) is 0 Å². The number of fused-ring (bicyclic) bond motifs is 1. The van der Waals surface area contributed by atoms with Crippen molar-refractivity contribution in [2.75, 3.05) is 6.54 Å². The number of pyridine rings is 1. The maximum atomic E-state index is 4.12. The Morgan fingerprint density at radius 3 is 3.36 bits per heavy atom. The number of nitrogens with zero attached hydrogens (tertiary/aromatic N) is 1. The van der Waals surface area contributed by atoms with E-state index >= 15 is 0 Å². The minimum atomic E-state index is 0.618. The molecule has 1 N–H and O–H groups in total. The maximum absolute atomic E-state index is 4.12. The Hall–Kier alpha value is -0.890. The minimum absolute atomic E-state index is 0.618. The summed E-state index contributed by atoms with van der Waals surface area (Å²) in [6.07, 6.45) is 3.85. The van der Waals surface area contributed by atoms with Gasteiger partial charge in [-0.2, -0.15) is 0 Å². The van der Waals surface area contributed by atoms with Crippen molar-refractivity contribution in [3.8, 4) is 0 Å². The Kier molecular flexibility index (Phi) is 1.62. The van der Waals surface area contributed by atoms with Gasteiger partial charge in [0.15, 0.2) is 0 Å². The first-order valence-corrected chi connectivity index (χ1v) is 4.01. The predicted molar refractivity (Wildman–Crippen MR) is 44.4 cm³/mol. The quantitative estimate of drug-likeness (QED) is 0.599. The van der Waals surface area contributed by atoms with Crippen LogP contribution in [0.1, 0.15) is 24.0 Å². The van der Waals surface area contributed by atoms with Crippen LogP contribution in [0.4, 0.5) is 0 Å². The molecule has 0 amide bonds. The van der Waals surface area contributed by atoms with Crippen molar-refractivity contribution >= 4 is 0 Å². The van der Waals surface area contributed by atoms with Crippen LogP contribution < -0.4 is 5.32 Å². The van der Waals surface area contributed by atoms with Crippen LogP contribution in [0.15, 0.2) is 18.5 Å². The Bertz CT molecular complexity index is 257. The Morgan fingerprint density at radius 1 is 1.64 bits per heavy atom. The molecule has 58 valence electrons. The van der Waals surface area contributed by atoms with Gasteiger partial charge in [-0.3, -0.25) is 4.98 Å². The third-order valence-corrected chi connectivity index (χ3v) is 2.24. The molecule has 2 nitrogen and oxygen atoms in total. The molecule has 0 aromatic carbocycles. The Balaban J connectivity index is 2.44. The van der Waals surface area contributed by atoms with Crippen LogP contribution in [0.3, 0.4) is 0 Å². The molecule has 0 spiro atoms. The zero-order chi connectivity index (χ0) is 7.68. The first-order valence-electron chi connectivity index (χ1n) is 4.01. The molecule has 2 rings (SSSR count). The van der Waals surface area contributed by atoms with E-state index in [9.17, 15) is 0 Å². The Labute approximate surface area is 66.7 Å². The summed E-state index contributed by atoms with van der Waals surface area (Å²) in [7, 11) is 0. The van der Waals surface area contributed by atoms with Gasteiger partial charge >= 0.3 is 0 Å². The first kappa shape index (κ1) is 6.80. The molecule has 2 heterocycles. The lowest BCUT2D eigenvalue weighted by atomic mass is 9.95. The highest BCUT2D eigenvalue weighted by molar-refractivity contribution is 5.28. The SMILES string of the molecule is CC1CNCc2ccncc21. The van der Waals surface area contributed by atoms with Gasteiger partial charge in [-0.25, -0.2) is 0 Å². The molecule has 0 saturated heterocycles. The number of nitrogens with one attached hydrogen (secondary N) is 1. The highest BCUT2D eigenvalue weighted by Crippen LogP contribution is 2.21. The van der Waals surface area contributed by atoms with Gasteiger partial charge < -0.3 is 5.32 Å². The smallest absolute Gasteiger partial charge is 0.0306 e. The average Bonchev–Trinajstić information content (AvgIpc) is 2.06. The number of rotatable bonds is 0. The molecule has 1 aliphatic heterocycles. The van der Waals surface area contributed by atoms with E-state index in [1.807, 2.05) is 12.4 Å². The van der Waals surface area contributed by atoms with Gasteiger partial charge in [-0.15, -0.1) is 0 Å². The van der Waals surface area contributed by atoms with E-state index in [0.717, 1.165) is 13.1 Å². The van der Waals surface area contributed by atoms with Crippen LogP contribution in [-0.2, 0) is 6.54 Å². The highest BCUT2D eigenvalue weighted by Gasteiger charge is 2.14. The van der Waals surface area contributed by atoms with Gasteiger partial charge in [0.25, 0.3) is 0 Å². The second kappa shape index (κ2) is 2.62. The van der Waals surface area contributed by atoms with Crippen LogP contribution >= 0.6 is 0 Å². The van der Waals surface area contributed by atoms with Crippen LogP contribution in [0.2, 0.25) is 0 Å². The molecule has 1 aromatic rings. The molecule has 1 atom stereocenters. The maximum Gasteiger partial charge on any atom is 0.0306 e. The summed E-state index contributed by atoms with van der Waals surface area (Å²) >= 11 is 0. The zero-order valence-corrected chi connectivity index (χ0v) is 6.67. The molecular weight excluding hydrogens is 136 g/mol. The molecule has 1 aliphatic rings. The minimum Gasteiger partial charge on any atom is -0.312 e. The zero-order valence-electron chi connectivity index (χ0n) is 6.67. The van der Waals surface area contributed by atoms with Crippen molar-refractivity contribution in [3.05, 3.63) is 29.6 Å². The molecule has 0 aliphatic carbocycles. The fourth-order valence-corrected chi connectivity index (χ4v) is 1.57. The summed E-state index contributed by atoms with van der Waals surface area (Å²) in [5, 5.41) is 3.36. The molecular formula is C9H12N2. The lowest BCUT2D eigenvalue weighted by Crippen LogP contribution is -2.26. The van der Waals surface area contributed by atoms with Crippen molar-refractivity contribution in [2.45, 2.75) is 19.4 Å². The molecule has 0 saturated carbocycles. The normalized spacial score (nSPS) is 22.8. The number of hydrogen-bond donors (Lipinski definition) is 1. The van der Waals surface area contributed by atoms with Gasteiger partial charge in [-0.05, 0) is 23.1 Å². The van der Waals surface area contributed by atoms with E-state index in [-0.39, 0.29) is 0 Å². The standard InChI is InChI=1S/C9H12N2/c1-7-4-11-5-8-2-3-10-6-9(7)8/h2-3,6-7,11H,4-5H2,1H3. The summed E-state index contributed by atoms with van der Waals surface area (Å²) in [5.41, 5.74) is 2.81. The number of aromatic nitrogens is 1. The summed E-state index contributed by atoms with van der Waals surface area (Å²) in [6, 6.07) is 2.10. The van der Waals surface area contributed by atoms with Gasteiger partial charge in [-0.1, -0.05) is 6.92 Å². The van der Waals surface area contributed by atoms with E-state index in [4.69, 9.17) is 0 Å². The summed E-state index contributed by atoms with van der Waals surface area (Å²) in [4.78, 5) is 4.12. The third-order valence-electron chi connectivity index (χ3n) is 2.24. The summed E-state index contributed by atoms with van der Waals surface area (Å²) in [6.45, 7) is 4.31. The first-order chi connectivity index (χ1) is 5.38. The molecule has 0 bridgehead atoms. The second-order valence-electron chi connectivity index (χ2n) is 3.11. The van der Waals surface area contributed by atoms with Crippen molar-refractivity contribution < 1.29 is 0 Å². The van der Waals surface area contributed by atoms with Crippen molar-refractivity contribution in [3.63, 3.8) is 0 Å². The van der Waals surface area contributed by atoms with Crippen LogP contribution in [-0.4, -0.2) is 11.5 Å². The highest BCUT2D eigenvalue weighted by atomic mass is 14.9. The van der Waals surface area contributed by atoms with Crippen molar-refractivity contribution in [1.29, 1.82) is 0 Å². The third kappa shape index (κ3) is 1.14. The molecule has 0 radical (unpaired) electrons. The van der Waals surface area contributed by atoms with Crippen LogP contribution in [0, 0.1) is 0 Å². The summed E-state index contributed by atoms with van der Waals surface area (Å²) in [5.74, 6) is 0.618. The van der Waals surface area contributed by atoms with Gasteiger partial charge in [0.05, 0.1) is 0 Å². The summed E-state index contributed by atoms with van der Waals surface area (Å²) < 4.78 is 0. The molecule has 0 fully saturated rings. The lowest BCUT2D eigenvalue weighted by molar-refractivity contribution is 0.568.